The first-order valence-corrected chi connectivity index (χ1v) is 6.58. The zero-order valence-electron chi connectivity index (χ0n) is 8.66. The zero-order chi connectivity index (χ0) is 10.9. The van der Waals surface area contributed by atoms with Gasteiger partial charge < -0.3 is 11.1 Å². The normalized spacial score (nSPS) is 17.1. The molecule has 1 fully saturated rings. The molecule has 90 valence electrons. The second-order valence-corrected chi connectivity index (χ2v) is 5.74. The van der Waals surface area contributed by atoms with Crippen LogP contribution >= 0.6 is 39.7 Å². The maximum atomic E-state index is 11.7. The number of carbonyl (C=O) groups is 1. The van der Waals surface area contributed by atoms with Gasteiger partial charge in [-0.1, -0.05) is 0 Å². The van der Waals surface area contributed by atoms with Crippen molar-refractivity contribution in [1.82, 2.24) is 5.32 Å². The number of rotatable bonds is 3. The van der Waals surface area contributed by atoms with Crippen molar-refractivity contribution < 1.29 is 4.79 Å². The summed E-state index contributed by atoms with van der Waals surface area (Å²) in [5, 5.41) is 4.88. The monoisotopic (exact) mass is 324 g/mol. The number of nitrogens with one attached hydrogen (secondary N) is 1. The van der Waals surface area contributed by atoms with Crippen molar-refractivity contribution in [3.05, 3.63) is 20.8 Å². The lowest BCUT2D eigenvalue weighted by atomic mass is 9.77. The first-order valence-electron chi connectivity index (χ1n) is 4.91. The first kappa shape index (κ1) is 14.0. The van der Waals surface area contributed by atoms with Crippen LogP contribution in [0.3, 0.4) is 0 Å². The standard InChI is InChI=1S/C10H13BrN2OS.ClH/c11-7-2-5-15-8(7)6-13-9(14)10(12)3-1-4-10;/h2,5H,1,3-4,6,12H2,(H,13,14);1H. The summed E-state index contributed by atoms with van der Waals surface area (Å²) in [7, 11) is 0. The molecule has 16 heavy (non-hydrogen) atoms. The fourth-order valence-electron chi connectivity index (χ4n) is 1.57. The molecule has 0 aromatic carbocycles. The fraction of sp³-hybridized carbons (Fsp3) is 0.500. The van der Waals surface area contributed by atoms with E-state index in [2.05, 4.69) is 21.2 Å². The van der Waals surface area contributed by atoms with Gasteiger partial charge in [0.05, 0.1) is 12.1 Å². The quantitative estimate of drug-likeness (QED) is 0.897. The molecule has 1 aromatic rings. The highest BCUT2D eigenvalue weighted by molar-refractivity contribution is 9.10. The summed E-state index contributed by atoms with van der Waals surface area (Å²) in [4.78, 5) is 12.8. The Morgan fingerprint density at radius 3 is 2.75 bits per heavy atom. The molecule has 3 nitrogen and oxygen atoms in total. The van der Waals surface area contributed by atoms with Gasteiger partial charge in [-0.05, 0) is 46.6 Å². The molecule has 0 atom stereocenters. The summed E-state index contributed by atoms with van der Waals surface area (Å²) in [5.74, 6) is -0.0194. The molecule has 0 saturated heterocycles. The van der Waals surface area contributed by atoms with E-state index in [4.69, 9.17) is 5.73 Å². The van der Waals surface area contributed by atoms with Crippen LogP contribution in [0.15, 0.2) is 15.9 Å². The summed E-state index contributed by atoms with van der Waals surface area (Å²) in [6.45, 7) is 0.566. The topological polar surface area (TPSA) is 55.1 Å². The van der Waals surface area contributed by atoms with Crippen LogP contribution in [0.25, 0.3) is 0 Å². The summed E-state index contributed by atoms with van der Waals surface area (Å²) in [5.41, 5.74) is 5.31. The van der Waals surface area contributed by atoms with Crippen LogP contribution < -0.4 is 11.1 Å². The molecule has 0 aliphatic heterocycles. The van der Waals surface area contributed by atoms with E-state index in [9.17, 15) is 4.79 Å². The van der Waals surface area contributed by atoms with Gasteiger partial charge in [-0.25, -0.2) is 0 Å². The van der Waals surface area contributed by atoms with E-state index in [1.165, 1.54) is 0 Å². The molecule has 6 heteroatoms. The Morgan fingerprint density at radius 1 is 1.62 bits per heavy atom. The molecule has 0 unspecified atom stereocenters. The van der Waals surface area contributed by atoms with E-state index in [0.717, 1.165) is 28.6 Å². The van der Waals surface area contributed by atoms with Crippen LogP contribution in [0.4, 0.5) is 0 Å². The van der Waals surface area contributed by atoms with Gasteiger partial charge in [-0.3, -0.25) is 4.79 Å². The molecule has 1 amide bonds. The number of thiophene rings is 1. The lowest BCUT2D eigenvalue weighted by molar-refractivity contribution is -0.129. The molecular formula is C10H14BrClN2OS. The molecule has 1 aliphatic carbocycles. The van der Waals surface area contributed by atoms with E-state index < -0.39 is 5.54 Å². The predicted molar refractivity (Wildman–Crippen MR) is 71.9 cm³/mol. The second-order valence-electron chi connectivity index (χ2n) is 3.88. The number of carbonyl (C=O) groups excluding carboxylic acids is 1. The van der Waals surface area contributed by atoms with Crippen LogP contribution in [0.2, 0.25) is 0 Å². The van der Waals surface area contributed by atoms with Gasteiger partial charge in [0, 0.05) is 9.35 Å². The van der Waals surface area contributed by atoms with Crippen LogP contribution in [0, 0.1) is 0 Å². The Bertz CT molecular complexity index is 379. The highest BCUT2D eigenvalue weighted by Crippen LogP contribution is 2.29. The minimum atomic E-state index is -0.594. The predicted octanol–water partition coefficient (Wildman–Crippen LogP) is 2.43. The van der Waals surface area contributed by atoms with Crippen molar-refractivity contribution in [1.29, 1.82) is 0 Å². The number of nitrogens with two attached hydrogens (primary N) is 1. The highest BCUT2D eigenvalue weighted by Gasteiger charge is 2.39. The molecule has 0 bridgehead atoms. The van der Waals surface area contributed by atoms with Crippen LogP contribution in [0.1, 0.15) is 24.1 Å². The Kier molecular flexibility index (Phi) is 4.79. The maximum absolute atomic E-state index is 11.7. The average Bonchev–Trinajstić information content (AvgIpc) is 2.56. The molecule has 2 rings (SSSR count). The summed E-state index contributed by atoms with van der Waals surface area (Å²) in [6, 6.07) is 1.98. The van der Waals surface area contributed by atoms with E-state index in [1.807, 2.05) is 11.4 Å². The van der Waals surface area contributed by atoms with E-state index in [-0.39, 0.29) is 18.3 Å². The Morgan fingerprint density at radius 2 is 2.31 bits per heavy atom. The summed E-state index contributed by atoms with van der Waals surface area (Å²) >= 11 is 5.05. The molecule has 0 spiro atoms. The molecule has 1 heterocycles. The van der Waals surface area contributed by atoms with Gasteiger partial charge in [0.1, 0.15) is 0 Å². The van der Waals surface area contributed by atoms with Crippen molar-refractivity contribution in [2.75, 3.05) is 0 Å². The van der Waals surface area contributed by atoms with E-state index in [0.29, 0.717) is 6.54 Å². The molecular weight excluding hydrogens is 312 g/mol. The lowest BCUT2D eigenvalue weighted by Gasteiger charge is -2.36. The second kappa shape index (κ2) is 5.49. The van der Waals surface area contributed by atoms with Crippen molar-refractivity contribution >= 4 is 45.6 Å². The Labute approximate surface area is 113 Å². The number of amides is 1. The minimum Gasteiger partial charge on any atom is -0.350 e. The van der Waals surface area contributed by atoms with Gasteiger partial charge in [0.15, 0.2) is 0 Å². The Balaban J connectivity index is 0.00000128. The maximum Gasteiger partial charge on any atom is 0.240 e. The fourth-order valence-corrected chi connectivity index (χ4v) is 3.00. The van der Waals surface area contributed by atoms with Crippen LogP contribution in [-0.2, 0) is 11.3 Å². The molecule has 1 aromatic heterocycles. The van der Waals surface area contributed by atoms with Crippen LogP contribution in [-0.4, -0.2) is 11.4 Å². The molecule has 1 aliphatic rings. The van der Waals surface area contributed by atoms with Gasteiger partial charge in [0.2, 0.25) is 5.91 Å². The third-order valence-electron chi connectivity index (χ3n) is 2.80. The van der Waals surface area contributed by atoms with Gasteiger partial charge in [-0.15, -0.1) is 23.7 Å². The van der Waals surface area contributed by atoms with Crippen LogP contribution in [0.5, 0.6) is 0 Å². The minimum absolute atomic E-state index is 0. The van der Waals surface area contributed by atoms with E-state index >= 15 is 0 Å². The molecule has 3 N–H and O–H groups in total. The lowest BCUT2D eigenvalue weighted by Crippen LogP contribution is -2.58. The average molecular weight is 326 g/mol. The first-order chi connectivity index (χ1) is 7.12. The molecule has 1 saturated carbocycles. The van der Waals surface area contributed by atoms with Gasteiger partial charge in [0.25, 0.3) is 0 Å². The SMILES string of the molecule is Cl.NC1(C(=O)NCc2sccc2Br)CCC1. The third kappa shape index (κ3) is 2.77. The van der Waals surface area contributed by atoms with Gasteiger partial charge >= 0.3 is 0 Å². The molecule has 0 radical (unpaired) electrons. The zero-order valence-corrected chi connectivity index (χ0v) is 11.9. The van der Waals surface area contributed by atoms with Gasteiger partial charge in [-0.2, -0.15) is 0 Å². The smallest absolute Gasteiger partial charge is 0.240 e. The number of halogens is 2. The van der Waals surface area contributed by atoms with Crippen molar-refractivity contribution in [2.24, 2.45) is 5.73 Å². The number of hydrogen-bond acceptors (Lipinski definition) is 3. The summed E-state index contributed by atoms with van der Waals surface area (Å²) in [6.07, 6.45) is 2.68. The largest absolute Gasteiger partial charge is 0.350 e. The third-order valence-corrected chi connectivity index (χ3v) is 4.72. The van der Waals surface area contributed by atoms with Crippen molar-refractivity contribution in [3.8, 4) is 0 Å². The van der Waals surface area contributed by atoms with Crippen molar-refractivity contribution in [2.45, 2.75) is 31.3 Å². The number of hydrogen-bond donors (Lipinski definition) is 2. The summed E-state index contributed by atoms with van der Waals surface area (Å²) < 4.78 is 1.05. The van der Waals surface area contributed by atoms with E-state index in [1.54, 1.807) is 11.3 Å². The highest BCUT2D eigenvalue weighted by atomic mass is 79.9. The Hall–Kier alpha value is -0.100. The van der Waals surface area contributed by atoms with Crippen molar-refractivity contribution in [3.63, 3.8) is 0 Å².